The van der Waals surface area contributed by atoms with Crippen molar-refractivity contribution in [3.63, 3.8) is 0 Å². The van der Waals surface area contributed by atoms with Crippen LogP contribution in [0.1, 0.15) is 24.3 Å². The van der Waals surface area contributed by atoms with Crippen molar-refractivity contribution < 1.29 is 9.53 Å². The molecule has 1 amide bonds. The van der Waals surface area contributed by atoms with Crippen molar-refractivity contribution in [2.24, 2.45) is 0 Å². The average molecular weight is 381 g/mol. The third-order valence-corrected chi connectivity index (χ3v) is 4.65. The predicted octanol–water partition coefficient (Wildman–Crippen LogP) is 2.36. The van der Waals surface area contributed by atoms with Gasteiger partial charge < -0.3 is 19.9 Å². The van der Waals surface area contributed by atoms with Crippen LogP contribution in [0.25, 0.3) is 0 Å². The van der Waals surface area contributed by atoms with E-state index in [1.54, 1.807) is 15.1 Å². The lowest BCUT2D eigenvalue weighted by Gasteiger charge is -2.35. The summed E-state index contributed by atoms with van der Waals surface area (Å²) in [4.78, 5) is 16.9. The first-order valence-electron chi connectivity index (χ1n) is 5.77. The molecule has 1 aromatic heterocycles. The van der Waals surface area contributed by atoms with E-state index in [0.29, 0.717) is 12.3 Å². The monoisotopic (exact) mass is 381 g/mol. The van der Waals surface area contributed by atoms with Crippen LogP contribution in [0.5, 0.6) is 0 Å². The van der Waals surface area contributed by atoms with Crippen molar-refractivity contribution in [2.45, 2.75) is 25.4 Å². The van der Waals surface area contributed by atoms with E-state index in [1.807, 2.05) is 19.9 Å². The predicted molar refractivity (Wildman–Crippen MR) is 82.1 cm³/mol. The van der Waals surface area contributed by atoms with Crippen molar-refractivity contribution in [3.8, 4) is 0 Å². The maximum absolute atomic E-state index is 11.8. The van der Waals surface area contributed by atoms with E-state index in [2.05, 4.69) is 36.4 Å². The van der Waals surface area contributed by atoms with Crippen LogP contribution in [0.4, 0.5) is 5.69 Å². The molecular weight excluding hydrogens is 365 g/mol. The fourth-order valence-electron chi connectivity index (χ4n) is 1.87. The zero-order chi connectivity index (χ0) is 13.1. The van der Waals surface area contributed by atoms with E-state index in [4.69, 9.17) is 4.74 Å². The van der Waals surface area contributed by atoms with Gasteiger partial charge in [0.25, 0.3) is 5.91 Å². The van der Waals surface area contributed by atoms with Gasteiger partial charge in [0.2, 0.25) is 0 Å². The Morgan fingerprint density at radius 3 is 3.06 bits per heavy atom. The summed E-state index contributed by atoms with van der Waals surface area (Å²) in [5, 5.41) is 2.95. The first-order chi connectivity index (χ1) is 8.63. The normalized spacial score (nSPS) is 19.0. The smallest absolute Gasteiger partial charge is 0.272 e. The third-order valence-electron chi connectivity index (χ3n) is 2.67. The summed E-state index contributed by atoms with van der Waals surface area (Å²) in [6.07, 6.45) is 2.02. The molecule has 2 rings (SSSR count). The van der Waals surface area contributed by atoms with Crippen molar-refractivity contribution >= 4 is 41.7 Å². The van der Waals surface area contributed by atoms with Crippen molar-refractivity contribution in [1.82, 2.24) is 10.3 Å². The van der Waals surface area contributed by atoms with Crippen LogP contribution in [-0.2, 0) is 4.74 Å². The summed E-state index contributed by atoms with van der Waals surface area (Å²) >= 11 is 2.20. The minimum Gasteiger partial charge on any atom is -0.377 e. The number of ether oxygens (including phenoxy) is 1. The number of aromatic amines is 1. The summed E-state index contributed by atoms with van der Waals surface area (Å²) < 4.78 is 5.58. The van der Waals surface area contributed by atoms with E-state index in [9.17, 15) is 4.79 Å². The molecular formula is C11H16IN3O2S. The van der Waals surface area contributed by atoms with Crippen LogP contribution >= 0.6 is 30.1 Å². The number of aromatic nitrogens is 1. The lowest BCUT2D eigenvalue weighted by molar-refractivity contribution is 0.0818. The van der Waals surface area contributed by atoms with Crippen molar-refractivity contribution in [2.75, 3.05) is 18.1 Å². The van der Waals surface area contributed by atoms with E-state index in [-0.39, 0.29) is 17.5 Å². The highest BCUT2D eigenvalue weighted by atomic mass is 127. The quantitative estimate of drug-likeness (QED) is 0.769. The molecule has 0 aromatic carbocycles. The Balaban J connectivity index is 2.11. The number of nitrogens with zero attached hydrogens (tertiary/aromatic N) is 1. The molecule has 0 spiro atoms. The van der Waals surface area contributed by atoms with Gasteiger partial charge in [-0.15, -0.1) is 0 Å². The van der Waals surface area contributed by atoms with Crippen LogP contribution in [-0.4, -0.2) is 35.6 Å². The Kier molecular flexibility index (Phi) is 4.79. The summed E-state index contributed by atoms with van der Waals surface area (Å²) in [5.74, 6) is -0.0507. The number of hydrogen-bond acceptors (Lipinski definition) is 4. The minimum absolute atomic E-state index is 0.0443. The molecule has 1 aliphatic heterocycles. The van der Waals surface area contributed by atoms with Gasteiger partial charge in [-0.1, -0.05) is 0 Å². The summed E-state index contributed by atoms with van der Waals surface area (Å²) in [5.41, 5.74) is 1.53. The molecule has 0 bridgehead atoms. The summed E-state index contributed by atoms with van der Waals surface area (Å²) in [6, 6.07) is 1.93. The molecule has 18 heavy (non-hydrogen) atoms. The standard InChI is InChI=1S/C11H16IN3O2S/c1-7(2)17-6-5-15-8-3-4-13-9(8)10(16)14-11(15)18-12/h3-4,7,11,13H,5-6H2,1-2H3,(H,14,16). The average Bonchev–Trinajstić information content (AvgIpc) is 2.80. The maximum atomic E-state index is 11.8. The van der Waals surface area contributed by atoms with Gasteiger partial charge in [-0.05, 0) is 50.1 Å². The number of anilines is 1. The van der Waals surface area contributed by atoms with Gasteiger partial charge >= 0.3 is 0 Å². The Bertz CT molecular complexity index is 424. The molecule has 7 heteroatoms. The van der Waals surface area contributed by atoms with E-state index < -0.39 is 0 Å². The first kappa shape index (κ1) is 14.0. The summed E-state index contributed by atoms with van der Waals surface area (Å²) in [6.45, 7) is 5.43. The number of nitrogens with one attached hydrogen (secondary N) is 2. The van der Waals surface area contributed by atoms with Gasteiger partial charge in [0, 0.05) is 12.7 Å². The fourth-order valence-corrected chi connectivity index (χ4v) is 3.54. The van der Waals surface area contributed by atoms with Crippen LogP contribution < -0.4 is 10.2 Å². The molecule has 0 radical (unpaired) electrons. The highest BCUT2D eigenvalue weighted by Gasteiger charge is 2.31. The van der Waals surface area contributed by atoms with Crippen molar-refractivity contribution in [3.05, 3.63) is 18.0 Å². The SMILES string of the molecule is CC(C)OCCN1c2cc[nH]c2C(=O)NC1SI. The van der Waals surface area contributed by atoms with Crippen LogP contribution in [0.3, 0.4) is 0 Å². The highest BCUT2D eigenvalue weighted by molar-refractivity contribution is 14.2. The van der Waals surface area contributed by atoms with E-state index in [0.717, 1.165) is 12.2 Å². The molecule has 100 valence electrons. The molecule has 1 aliphatic rings. The third kappa shape index (κ3) is 2.94. The Hall–Kier alpha value is -0.410. The molecule has 1 atom stereocenters. The number of carbonyl (C=O) groups excluding carboxylic acids is 1. The molecule has 1 unspecified atom stereocenters. The number of carbonyl (C=O) groups is 1. The van der Waals surface area contributed by atoms with Gasteiger partial charge in [0.1, 0.15) is 5.69 Å². The van der Waals surface area contributed by atoms with Crippen molar-refractivity contribution in [1.29, 1.82) is 0 Å². The van der Waals surface area contributed by atoms with Gasteiger partial charge in [-0.2, -0.15) is 0 Å². The molecule has 0 saturated carbocycles. The highest BCUT2D eigenvalue weighted by Crippen LogP contribution is 2.32. The van der Waals surface area contributed by atoms with E-state index >= 15 is 0 Å². The van der Waals surface area contributed by atoms with Gasteiger partial charge in [-0.3, -0.25) is 4.79 Å². The second kappa shape index (κ2) is 6.16. The maximum Gasteiger partial charge on any atom is 0.272 e. The lowest BCUT2D eigenvalue weighted by Crippen LogP contribution is -2.51. The lowest BCUT2D eigenvalue weighted by atomic mass is 10.2. The summed E-state index contributed by atoms with van der Waals surface area (Å²) in [7, 11) is 1.58. The van der Waals surface area contributed by atoms with Gasteiger partial charge in [-0.25, -0.2) is 0 Å². The molecule has 2 heterocycles. The first-order valence-corrected chi connectivity index (χ1v) is 9.19. The number of rotatable bonds is 5. The van der Waals surface area contributed by atoms with Crippen LogP contribution in [0.15, 0.2) is 12.3 Å². The van der Waals surface area contributed by atoms with Gasteiger partial charge in [0.15, 0.2) is 5.50 Å². The molecule has 5 nitrogen and oxygen atoms in total. The molecule has 0 aliphatic carbocycles. The van der Waals surface area contributed by atoms with Crippen LogP contribution in [0.2, 0.25) is 0 Å². The molecule has 1 aromatic rings. The molecule has 0 fully saturated rings. The Morgan fingerprint density at radius 2 is 2.39 bits per heavy atom. The zero-order valence-corrected chi connectivity index (χ0v) is 13.2. The molecule has 2 N–H and O–H groups in total. The largest absolute Gasteiger partial charge is 0.377 e. The second-order valence-electron chi connectivity index (χ2n) is 4.27. The number of fused-ring (bicyclic) bond motifs is 1. The number of hydrogen-bond donors (Lipinski definition) is 2. The Labute approximate surface area is 123 Å². The van der Waals surface area contributed by atoms with E-state index in [1.165, 1.54) is 0 Å². The fraction of sp³-hybridized carbons (Fsp3) is 0.545. The number of halogens is 1. The molecule has 0 saturated heterocycles. The minimum atomic E-state index is -0.0507. The number of H-pyrrole nitrogens is 1. The van der Waals surface area contributed by atoms with Gasteiger partial charge in [0.05, 0.1) is 18.4 Å². The van der Waals surface area contributed by atoms with Crippen LogP contribution in [0, 0.1) is 0 Å². The number of amides is 1. The zero-order valence-electron chi connectivity index (χ0n) is 10.3. The topological polar surface area (TPSA) is 57.4 Å². The Morgan fingerprint density at radius 1 is 1.61 bits per heavy atom. The second-order valence-corrected chi connectivity index (χ2v) is 6.42.